The van der Waals surface area contributed by atoms with E-state index in [0.717, 1.165) is 30.8 Å². The van der Waals surface area contributed by atoms with E-state index in [-0.39, 0.29) is 0 Å². The third-order valence-corrected chi connectivity index (χ3v) is 5.63. The van der Waals surface area contributed by atoms with Gasteiger partial charge in [0.1, 0.15) is 0 Å². The van der Waals surface area contributed by atoms with Crippen LogP contribution in [0.2, 0.25) is 0 Å². The molecule has 2 fully saturated rings. The van der Waals surface area contributed by atoms with Crippen molar-refractivity contribution in [3.8, 4) is 0 Å². The van der Waals surface area contributed by atoms with Gasteiger partial charge in [0.25, 0.3) is 5.91 Å². The van der Waals surface area contributed by atoms with Gasteiger partial charge in [-0.2, -0.15) is 0 Å². The Balaban J connectivity index is 1.43. The van der Waals surface area contributed by atoms with Crippen molar-refractivity contribution in [2.75, 3.05) is 19.6 Å². The maximum Gasteiger partial charge on any atom is 0.276 e. The SMILES string of the molecule is O=C(NO)c1cnc2c(c1)CCN(C1CC3(CCNC3)C1)C2. The molecule has 1 aromatic heterocycles. The molecule has 0 atom stereocenters. The maximum absolute atomic E-state index is 11.5. The zero-order valence-corrected chi connectivity index (χ0v) is 12.6. The molecule has 1 saturated heterocycles. The van der Waals surface area contributed by atoms with E-state index in [1.807, 2.05) is 6.07 Å². The van der Waals surface area contributed by atoms with Gasteiger partial charge in [-0.3, -0.25) is 19.9 Å². The lowest BCUT2D eigenvalue weighted by Crippen LogP contribution is -2.53. The fourth-order valence-corrected chi connectivity index (χ4v) is 4.28. The van der Waals surface area contributed by atoms with Crippen LogP contribution in [0.25, 0.3) is 0 Å². The Bertz CT molecular complexity index is 590. The highest BCUT2D eigenvalue weighted by molar-refractivity contribution is 5.93. The van der Waals surface area contributed by atoms with Crippen molar-refractivity contribution in [2.24, 2.45) is 5.41 Å². The summed E-state index contributed by atoms with van der Waals surface area (Å²) in [5.74, 6) is -0.493. The molecule has 3 N–H and O–H groups in total. The monoisotopic (exact) mass is 302 g/mol. The molecule has 1 aliphatic carbocycles. The second-order valence-electron chi connectivity index (χ2n) is 6.98. The molecule has 1 amide bonds. The molecule has 3 aliphatic rings. The average Bonchev–Trinajstić information content (AvgIpc) is 3.01. The summed E-state index contributed by atoms with van der Waals surface area (Å²) in [5, 5.41) is 12.2. The third-order valence-electron chi connectivity index (χ3n) is 5.63. The fraction of sp³-hybridized carbons (Fsp3) is 0.625. The van der Waals surface area contributed by atoms with E-state index in [0.29, 0.717) is 17.0 Å². The van der Waals surface area contributed by atoms with Crippen LogP contribution in [0.1, 0.15) is 40.9 Å². The summed E-state index contributed by atoms with van der Waals surface area (Å²) in [4.78, 5) is 18.4. The predicted octanol–water partition coefficient (Wildman–Crippen LogP) is 0.701. The largest absolute Gasteiger partial charge is 0.316 e. The number of carbonyl (C=O) groups excluding carboxylic acids is 1. The predicted molar refractivity (Wildman–Crippen MR) is 80.5 cm³/mol. The molecule has 1 spiro atoms. The number of hydrogen-bond donors (Lipinski definition) is 3. The molecule has 2 aliphatic heterocycles. The molecule has 118 valence electrons. The Labute approximate surface area is 129 Å². The molecular weight excluding hydrogens is 280 g/mol. The summed E-state index contributed by atoms with van der Waals surface area (Å²) >= 11 is 0. The van der Waals surface area contributed by atoms with Crippen LogP contribution in [0.15, 0.2) is 12.3 Å². The summed E-state index contributed by atoms with van der Waals surface area (Å²) in [5.41, 5.74) is 4.87. The molecule has 0 bridgehead atoms. The summed E-state index contributed by atoms with van der Waals surface area (Å²) in [6, 6.07) is 2.55. The molecule has 3 heterocycles. The number of fused-ring (bicyclic) bond motifs is 1. The first-order valence-corrected chi connectivity index (χ1v) is 8.06. The summed E-state index contributed by atoms with van der Waals surface area (Å²) in [7, 11) is 0. The summed E-state index contributed by atoms with van der Waals surface area (Å²) in [6.07, 6.45) is 6.42. The number of pyridine rings is 1. The second kappa shape index (κ2) is 5.30. The van der Waals surface area contributed by atoms with E-state index < -0.39 is 5.91 Å². The highest BCUT2D eigenvalue weighted by Gasteiger charge is 2.48. The lowest BCUT2D eigenvalue weighted by molar-refractivity contribution is 0.00564. The molecule has 1 saturated carbocycles. The maximum atomic E-state index is 11.5. The minimum absolute atomic E-state index is 0.425. The van der Waals surface area contributed by atoms with E-state index in [1.165, 1.54) is 32.4 Å². The fourth-order valence-electron chi connectivity index (χ4n) is 4.28. The van der Waals surface area contributed by atoms with Crippen molar-refractivity contribution in [1.82, 2.24) is 20.7 Å². The minimum Gasteiger partial charge on any atom is -0.316 e. The van der Waals surface area contributed by atoms with Crippen molar-refractivity contribution >= 4 is 5.91 Å². The standard InChI is InChI=1S/C16H22N4O2/c21-15(19-22)12-5-11-1-4-20(9-14(11)18-8-12)13-6-16(7-13)2-3-17-10-16/h5,8,13,17,22H,1-4,6-7,9-10H2,(H,19,21). The lowest BCUT2D eigenvalue weighted by atomic mass is 9.64. The Kier molecular flexibility index (Phi) is 3.40. The van der Waals surface area contributed by atoms with Crippen LogP contribution in [-0.4, -0.2) is 46.7 Å². The van der Waals surface area contributed by atoms with Crippen LogP contribution < -0.4 is 10.8 Å². The molecular formula is C16H22N4O2. The van der Waals surface area contributed by atoms with E-state index >= 15 is 0 Å². The smallest absolute Gasteiger partial charge is 0.276 e. The number of carbonyl (C=O) groups is 1. The first-order chi connectivity index (χ1) is 10.7. The minimum atomic E-state index is -0.493. The molecule has 4 rings (SSSR count). The summed E-state index contributed by atoms with van der Waals surface area (Å²) < 4.78 is 0. The zero-order valence-electron chi connectivity index (χ0n) is 12.6. The normalized spacial score (nSPS) is 30.9. The van der Waals surface area contributed by atoms with Crippen molar-refractivity contribution in [2.45, 2.75) is 38.3 Å². The van der Waals surface area contributed by atoms with Crippen molar-refractivity contribution in [1.29, 1.82) is 0 Å². The molecule has 6 nitrogen and oxygen atoms in total. The Morgan fingerprint density at radius 3 is 3.09 bits per heavy atom. The average molecular weight is 302 g/mol. The number of hydroxylamine groups is 1. The first-order valence-electron chi connectivity index (χ1n) is 8.06. The van der Waals surface area contributed by atoms with Gasteiger partial charge in [-0.25, -0.2) is 5.48 Å². The van der Waals surface area contributed by atoms with Crippen LogP contribution in [0.4, 0.5) is 0 Å². The van der Waals surface area contributed by atoms with Gasteiger partial charge in [0.2, 0.25) is 0 Å². The van der Waals surface area contributed by atoms with Gasteiger partial charge in [0.15, 0.2) is 0 Å². The number of rotatable bonds is 2. The van der Waals surface area contributed by atoms with Gasteiger partial charge in [-0.15, -0.1) is 0 Å². The topological polar surface area (TPSA) is 77.5 Å². The highest BCUT2D eigenvalue weighted by atomic mass is 16.5. The number of nitrogens with one attached hydrogen (secondary N) is 2. The Morgan fingerprint density at radius 1 is 1.50 bits per heavy atom. The Morgan fingerprint density at radius 2 is 2.36 bits per heavy atom. The molecule has 6 heteroatoms. The molecule has 0 aromatic carbocycles. The molecule has 1 aromatic rings. The van der Waals surface area contributed by atoms with Crippen LogP contribution in [0.5, 0.6) is 0 Å². The summed E-state index contributed by atoms with van der Waals surface area (Å²) in [6.45, 7) is 4.27. The van der Waals surface area contributed by atoms with Crippen LogP contribution in [0.3, 0.4) is 0 Å². The number of hydrogen-bond acceptors (Lipinski definition) is 5. The van der Waals surface area contributed by atoms with Gasteiger partial charge in [0, 0.05) is 31.9 Å². The van der Waals surface area contributed by atoms with Crippen molar-refractivity contribution in [3.05, 3.63) is 29.1 Å². The first kappa shape index (κ1) is 14.1. The van der Waals surface area contributed by atoms with Gasteiger partial charge >= 0.3 is 0 Å². The third kappa shape index (κ3) is 2.31. The van der Waals surface area contributed by atoms with E-state index in [2.05, 4.69) is 15.2 Å². The number of nitrogens with zero attached hydrogens (tertiary/aromatic N) is 2. The van der Waals surface area contributed by atoms with Gasteiger partial charge < -0.3 is 5.32 Å². The number of aromatic nitrogens is 1. The lowest BCUT2D eigenvalue weighted by Gasteiger charge is -2.50. The number of amides is 1. The molecule has 0 radical (unpaired) electrons. The van der Waals surface area contributed by atoms with E-state index in [9.17, 15) is 4.79 Å². The quantitative estimate of drug-likeness (QED) is 0.554. The molecule has 22 heavy (non-hydrogen) atoms. The Hall–Kier alpha value is -1.50. The van der Waals surface area contributed by atoms with E-state index in [4.69, 9.17) is 5.21 Å². The van der Waals surface area contributed by atoms with Gasteiger partial charge in [0.05, 0.1) is 11.3 Å². The van der Waals surface area contributed by atoms with Gasteiger partial charge in [-0.1, -0.05) is 0 Å². The van der Waals surface area contributed by atoms with Crippen LogP contribution >= 0.6 is 0 Å². The van der Waals surface area contributed by atoms with Gasteiger partial charge in [-0.05, 0) is 49.3 Å². The van der Waals surface area contributed by atoms with Crippen LogP contribution in [0, 0.1) is 5.41 Å². The molecule has 0 unspecified atom stereocenters. The van der Waals surface area contributed by atoms with Crippen LogP contribution in [-0.2, 0) is 13.0 Å². The van der Waals surface area contributed by atoms with Crippen molar-refractivity contribution < 1.29 is 10.0 Å². The second-order valence-corrected chi connectivity index (χ2v) is 6.98. The van der Waals surface area contributed by atoms with Crippen molar-refractivity contribution in [3.63, 3.8) is 0 Å². The highest BCUT2D eigenvalue weighted by Crippen LogP contribution is 2.48. The van der Waals surface area contributed by atoms with E-state index in [1.54, 1.807) is 11.7 Å². The zero-order chi connectivity index (χ0) is 15.2.